The van der Waals surface area contributed by atoms with E-state index in [4.69, 9.17) is 9.51 Å². The average Bonchev–Trinajstić information content (AvgIpc) is 3.47. The lowest BCUT2D eigenvalue weighted by Crippen LogP contribution is -2.48. The van der Waals surface area contributed by atoms with Gasteiger partial charge in [0, 0.05) is 42.9 Å². The van der Waals surface area contributed by atoms with Gasteiger partial charge < -0.3 is 9.42 Å². The molecule has 0 unspecified atom stereocenters. The van der Waals surface area contributed by atoms with E-state index in [-0.39, 0.29) is 5.91 Å². The van der Waals surface area contributed by atoms with Crippen LogP contribution in [0.4, 0.5) is 0 Å². The van der Waals surface area contributed by atoms with Gasteiger partial charge in [0.25, 0.3) is 5.91 Å². The number of hydrogen-bond acceptors (Lipinski definition) is 7. The lowest BCUT2D eigenvalue weighted by atomic mass is 10.2. The first-order valence-corrected chi connectivity index (χ1v) is 13.4. The van der Waals surface area contributed by atoms with E-state index in [2.05, 4.69) is 35.2 Å². The van der Waals surface area contributed by atoms with E-state index in [0.717, 1.165) is 71.6 Å². The molecule has 0 N–H and O–H groups in total. The maximum atomic E-state index is 13.3. The Kier molecular flexibility index (Phi) is 6.99. The van der Waals surface area contributed by atoms with E-state index in [1.807, 2.05) is 42.2 Å². The Morgan fingerprint density at radius 1 is 1.12 bits per heavy atom. The molecule has 0 radical (unpaired) electrons. The molecule has 0 atom stereocenters. The van der Waals surface area contributed by atoms with Gasteiger partial charge in [-0.2, -0.15) is 0 Å². The highest BCUT2D eigenvalue weighted by atomic mass is 32.2. The Labute approximate surface area is 208 Å². The van der Waals surface area contributed by atoms with E-state index in [1.165, 1.54) is 10.3 Å². The Morgan fingerprint density at radius 2 is 1.94 bits per heavy atom. The van der Waals surface area contributed by atoms with Crippen LogP contribution in [-0.4, -0.2) is 52.0 Å². The molecular formula is C26H28N4O2S2. The smallest absolute Gasteiger partial charge is 0.255 e. The van der Waals surface area contributed by atoms with Crippen LogP contribution in [0.25, 0.3) is 10.2 Å². The molecule has 0 saturated carbocycles. The summed E-state index contributed by atoms with van der Waals surface area (Å²) in [6, 6.07) is 16.3. The predicted molar refractivity (Wildman–Crippen MR) is 137 cm³/mol. The van der Waals surface area contributed by atoms with Crippen molar-refractivity contribution in [2.75, 3.05) is 26.2 Å². The van der Waals surface area contributed by atoms with Gasteiger partial charge in [-0.15, -0.1) is 23.1 Å². The Balaban J connectivity index is 1.19. The predicted octanol–water partition coefficient (Wildman–Crippen LogP) is 5.41. The molecule has 2 aromatic heterocycles. The van der Waals surface area contributed by atoms with Crippen molar-refractivity contribution in [1.82, 2.24) is 19.9 Å². The quantitative estimate of drug-likeness (QED) is 0.322. The van der Waals surface area contributed by atoms with Gasteiger partial charge >= 0.3 is 0 Å². The fraction of sp³-hybridized carbons (Fsp3) is 0.346. The van der Waals surface area contributed by atoms with Crippen molar-refractivity contribution in [3.63, 3.8) is 0 Å². The number of hydrogen-bond donors (Lipinski definition) is 0. The maximum absolute atomic E-state index is 13.3. The van der Waals surface area contributed by atoms with Gasteiger partial charge in [-0.25, -0.2) is 4.98 Å². The highest BCUT2D eigenvalue weighted by molar-refractivity contribution is 7.98. The van der Waals surface area contributed by atoms with Crippen LogP contribution in [-0.2, 0) is 18.7 Å². The van der Waals surface area contributed by atoms with Crippen LogP contribution < -0.4 is 0 Å². The first-order chi connectivity index (χ1) is 16.6. The molecule has 0 bridgehead atoms. The first-order valence-electron chi connectivity index (χ1n) is 11.6. The molecule has 1 amide bonds. The minimum atomic E-state index is 0.103. The van der Waals surface area contributed by atoms with E-state index in [1.54, 1.807) is 23.1 Å². The fourth-order valence-electron chi connectivity index (χ4n) is 4.18. The summed E-state index contributed by atoms with van der Waals surface area (Å²) in [6.45, 7) is 8.07. The lowest BCUT2D eigenvalue weighted by Gasteiger charge is -2.34. The second kappa shape index (κ2) is 10.3. The number of benzene rings is 2. The van der Waals surface area contributed by atoms with Crippen LogP contribution in [0.2, 0.25) is 0 Å². The number of rotatable bonds is 7. The molecule has 1 saturated heterocycles. The molecule has 1 aliphatic heterocycles. The molecule has 2 aromatic carbocycles. The van der Waals surface area contributed by atoms with Crippen molar-refractivity contribution in [3.05, 3.63) is 76.1 Å². The third-order valence-electron chi connectivity index (χ3n) is 6.09. The van der Waals surface area contributed by atoms with Crippen LogP contribution in [0.5, 0.6) is 0 Å². The molecule has 1 fully saturated rings. The third-order valence-corrected chi connectivity index (χ3v) is 8.20. The van der Waals surface area contributed by atoms with E-state index < -0.39 is 0 Å². The van der Waals surface area contributed by atoms with Crippen LogP contribution >= 0.6 is 23.1 Å². The summed E-state index contributed by atoms with van der Waals surface area (Å²) < 4.78 is 6.42. The van der Waals surface area contributed by atoms with Crippen molar-refractivity contribution in [3.8, 4) is 0 Å². The molecule has 8 heteroatoms. The first kappa shape index (κ1) is 23.1. The highest BCUT2D eigenvalue weighted by Crippen LogP contribution is 2.28. The molecule has 0 aliphatic carbocycles. The zero-order valence-electron chi connectivity index (χ0n) is 19.5. The van der Waals surface area contributed by atoms with Crippen molar-refractivity contribution >= 4 is 39.2 Å². The van der Waals surface area contributed by atoms with Gasteiger partial charge in [-0.3, -0.25) is 9.69 Å². The molecule has 34 heavy (non-hydrogen) atoms. The minimum Gasteiger partial charge on any atom is -0.361 e. The SMILES string of the molecule is CCc1ccc2nc(CN3CCN(C(=O)c4ccccc4SCc4cc(C)on4)CC3)sc2c1. The molecule has 3 heterocycles. The van der Waals surface area contributed by atoms with Gasteiger partial charge in [0.05, 0.1) is 28.0 Å². The summed E-state index contributed by atoms with van der Waals surface area (Å²) in [6.07, 6.45) is 1.04. The van der Waals surface area contributed by atoms with E-state index >= 15 is 0 Å². The molecule has 176 valence electrons. The van der Waals surface area contributed by atoms with Gasteiger partial charge in [0.2, 0.25) is 0 Å². The number of carbonyl (C=O) groups is 1. The van der Waals surface area contributed by atoms with Crippen LogP contribution in [0.3, 0.4) is 0 Å². The molecule has 0 spiro atoms. The summed E-state index contributed by atoms with van der Waals surface area (Å²) >= 11 is 3.41. The third kappa shape index (κ3) is 5.19. The number of fused-ring (bicyclic) bond motifs is 1. The monoisotopic (exact) mass is 492 g/mol. The molecule has 4 aromatic rings. The largest absolute Gasteiger partial charge is 0.361 e. The maximum Gasteiger partial charge on any atom is 0.255 e. The minimum absolute atomic E-state index is 0.103. The molecule has 6 nitrogen and oxygen atoms in total. The zero-order valence-corrected chi connectivity index (χ0v) is 21.1. The summed E-state index contributed by atoms with van der Waals surface area (Å²) in [4.78, 5) is 23.5. The van der Waals surface area contributed by atoms with Crippen molar-refractivity contribution < 1.29 is 9.32 Å². The second-order valence-corrected chi connectivity index (χ2v) is 10.7. The highest BCUT2D eigenvalue weighted by Gasteiger charge is 2.24. The number of aryl methyl sites for hydroxylation is 2. The van der Waals surface area contributed by atoms with E-state index in [0.29, 0.717) is 5.75 Å². The Hall–Kier alpha value is -2.68. The zero-order chi connectivity index (χ0) is 23.5. The van der Waals surface area contributed by atoms with Crippen LogP contribution in [0.15, 0.2) is 57.9 Å². The van der Waals surface area contributed by atoms with Crippen LogP contribution in [0.1, 0.15) is 39.3 Å². The number of aromatic nitrogens is 2. The van der Waals surface area contributed by atoms with Crippen molar-refractivity contribution in [2.45, 2.75) is 37.5 Å². The van der Waals surface area contributed by atoms with Crippen molar-refractivity contribution in [2.24, 2.45) is 0 Å². The lowest BCUT2D eigenvalue weighted by molar-refractivity contribution is 0.0625. The number of piperazine rings is 1. The number of thioether (sulfide) groups is 1. The molecular weight excluding hydrogens is 464 g/mol. The van der Waals surface area contributed by atoms with Crippen LogP contribution in [0, 0.1) is 6.92 Å². The van der Waals surface area contributed by atoms with Crippen molar-refractivity contribution in [1.29, 1.82) is 0 Å². The number of nitrogens with zero attached hydrogens (tertiary/aromatic N) is 4. The second-order valence-electron chi connectivity index (χ2n) is 8.55. The summed E-state index contributed by atoms with van der Waals surface area (Å²) in [5.41, 5.74) is 4.09. The molecule has 1 aliphatic rings. The number of thiazole rings is 1. The molecule has 5 rings (SSSR count). The topological polar surface area (TPSA) is 62.5 Å². The van der Waals surface area contributed by atoms with Gasteiger partial charge in [0.15, 0.2) is 0 Å². The summed E-state index contributed by atoms with van der Waals surface area (Å²) in [7, 11) is 0. The standard InChI is InChI=1S/C26H28N4O2S2/c1-3-19-8-9-22-24(15-19)34-25(27-22)16-29-10-12-30(13-11-29)26(31)21-6-4-5-7-23(21)33-17-20-14-18(2)32-28-20/h4-9,14-15H,3,10-13,16-17H2,1-2H3. The Morgan fingerprint density at radius 3 is 2.71 bits per heavy atom. The van der Waals surface area contributed by atoms with Gasteiger partial charge in [0.1, 0.15) is 10.8 Å². The van der Waals surface area contributed by atoms with Gasteiger partial charge in [-0.1, -0.05) is 30.3 Å². The number of amides is 1. The van der Waals surface area contributed by atoms with Gasteiger partial charge in [-0.05, 0) is 43.2 Å². The summed E-state index contributed by atoms with van der Waals surface area (Å²) in [5, 5.41) is 5.21. The summed E-state index contributed by atoms with van der Waals surface area (Å²) in [5.74, 6) is 1.58. The normalized spacial score (nSPS) is 14.7. The number of carbonyl (C=O) groups excluding carboxylic acids is 1. The fourth-order valence-corrected chi connectivity index (χ4v) is 6.18. The van der Waals surface area contributed by atoms with E-state index in [9.17, 15) is 4.79 Å². The average molecular weight is 493 g/mol. The Bertz CT molecular complexity index is 1290.